The molecule has 250 valence electrons. The summed E-state index contributed by atoms with van der Waals surface area (Å²) in [6.45, 7) is 1.64. The van der Waals surface area contributed by atoms with Crippen molar-refractivity contribution < 1.29 is 37.7 Å². The molecule has 48 heavy (non-hydrogen) atoms. The number of ether oxygens (including phenoxy) is 1. The molecule has 2 saturated carbocycles. The minimum absolute atomic E-state index is 0.0371. The number of aromatic carboxylic acids is 2. The molecule has 3 aliphatic carbocycles. The van der Waals surface area contributed by atoms with Gasteiger partial charge in [-0.15, -0.1) is 0 Å². The summed E-state index contributed by atoms with van der Waals surface area (Å²) < 4.78 is 50.7. The molecule has 3 fully saturated rings. The fraction of sp³-hybridized carbons (Fsp3) is 0.371. The van der Waals surface area contributed by atoms with E-state index in [0.717, 1.165) is 57.7 Å². The summed E-state index contributed by atoms with van der Waals surface area (Å²) in [4.78, 5) is 49.4. The second-order valence-corrected chi connectivity index (χ2v) is 12.9. The fourth-order valence-corrected chi connectivity index (χ4v) is 7.03. The van der Waals surface area contributed by atoms with E-state index in [2.05, 4.69) is 17.1 Å². The van der Waals surface area contributed by atoms with Gasteiger partial charge in [-0.3, -0.25) is 9.59 Å². The number of carbonyl (C=O) groups is 2. The Balaban J connectivity index is 0.000000157. The van der Waals surface area contributed by atoms with Crippen LogP contribution in [0.4, 0.5) is 18.9 Å². The number of allylic oxidation sites excluding steroid dienone is 2. The molecule has 2 unspecified atom stereocenters. The number of nitrogens with zero attached hydrogens (tertiary/aromatic N) is 3. The number of carboxylic acid groups (broad SMARTS) is 2. The van der Waals surface area contributed by atoms with Crippen molar-refractivity contribution in [2.24, 2.45) is 11.8 Å². The highest BCUT2D eigenvalue weighted by molar-refractivity contribution is 5.95. The molecule has 4 aliphatic rings. The monoisotopic (exact) mass is 663 g/mol. The summed E-state index contributed by atoms with van der Waals surface area (Å²) in [5.41, 5.74) is -0.979. The lowest BCUT2D eigenvalue weighted by Gasteiger charge is -2.21. The molecular formula is C35H32F3N3O7. The summed E-state index contributed by atoms with van der Waals surface area (Å²) in [6, 6.07) is 3.86. The van der Waals surface area contributed by atoms with Gasteiger partial charge in [-0.1, -0.05) is 12.2 Å². The molecule has 10 nitrogen and oxygen atoms in total. The summed E-state index contributed by atoms with van der Waals surface area (Å²) in [5, 5.41) is 18.4. The minimum atomic E-state index is -1.40. The number of fused-ring (bicyclic) bond motifs is 3. The Morgan fingerprint density at radius 3 is 1.83 bits per heavy atom. The largest absolute Gasteiger partial charge is 0.491 e. The molecule has 8 rings (SSSR count). The molecule has 0 radical (unpaired) electrons. The number of rotatable bonds is 6. The first-order valence-electron chi connectivity index (χ1n) is 15.8. The fourth-order valence-electron chi connectivity index (χ4n) is 7.03. The maximum Gasteiger partial charge on any atom is 0.341 e. The molecule has 13 heteroatoms. The standard InChI is InChI=1S/C21H21FN2O3.C14H11F2NO4/c22-17-7-15-18(24(14-5-6-14)11-16(20(15)25)21(26)27)8-19(17)23-9-12-3-1-2-4-13(12)10-23;1-21-13-10(16)9(15)4-7-11(13)17(6-2-3-6)5-8(12(7)18)14(19)20/h1-2,7-8,11-14H,3-6,9-10H2,(H,26,27);4-6H,2-3H2,1H3,(H,19,20). The summed E-state index contributed by atoms with van der Waals surface area (Å²) in [7, 11) is 1.17. The van der Waals surface area contributed by atoms with Crippen molar-refractivity contribution in [1.29, 1.82) is 0 Å². The van der Waals surface area contributed by atoms with Gasteiger partial charge in [0.2, 0.25) is 16.7 Å². The smallest absolute Gasteiger partial charge is 0.341 e. The number of anilines is 1. The predicted molar refractivity (Wildman–Crippen MR) is 171 cm³/mol. The number of halogens is 3. The number of benzene rings is 2. The molecule has 4 aromatic rings. The lowest BCUT2D eigenvalue weighted by Crippen LogP contribution is -2.23. The van der Waals surface area contributed by atoms with Gasteiger partial charge in [0.15, 0.2) is 11.6 Å². The van der Waals surface area contributed by atoms with Gasteiger partial charge in [-0.25, -0.2) is 18.4 Å². The summed E-state index contributed by atoms with van der Waals surface area (Å²) in [5.74, 6) is -4.85. The molecule has 0 amide bonds. The Morgan fingerprint density at radius 1 is 0.771 bits per heavy atom. The minimum Gasteiger partial charge on any atom is -0.491 e. The van der Waals surface area contributed by atoms with Crippen LogP contribution in [0.3, 0.4) is 0 Å². The molecular weight excluding hydrogens is 631 g/mol. The molecule has 0 spiro atoms. The van der Waals surface area contributed by atoms with Gasteiger partial charge in [0.05, 0.1) is 29.2 Å². The number of hydrogen-bond donors (Lipinski definition) is 2. The van der Waals surface area contributed by atoms with E-state index >= 15 is 0 Å². The summed E-state index contributed by atoms with van der Waals surface area (Å²) in [6.07, 6.45) is 12.5. The number of carboxylic acids is 2. The Bertz CT molecular complexity index is 2150. The first-order valence-corrected chi connectivity index (χ1v) is 15.8. The van der Waals surface area contributed by atoms with Crippen molar-refractivity contribution in [3.8, 4) is 5.75 Å². The van der Waals surface area contributed by atoms with Gasteiger partial charge in [0, 0.05) is 43.0 Å². The van der Waals surface area contributed by atoms with E-state index in [1.54, 1.807) is 6.07 Å². The lowest BCUT2D eigenvalue weighted by atomic mass is 9.86. The maximum atomic E-state index is 15.0. The van der Waals surface area contributed by atoms with E-state index in [-0.39, 0.29) is 39.7 Å². The average Bonchev–Trinajstić information content (AvgIpc) is 4.00. The number of methoxy groups -OCH3 is 1. The van der Waals surface area contributed by atoms with Crippen LogP contribution >= 0.6 is 0 Å². The van der Waals surface area contributed by atoms with Crippen molar-refractivity contribution in [3.63, 3.8) is 0 Å². The third-order valence-corrected chi connectivity index (χ3v) is 9.77. The van der Waals surface area contributed by atoms with Crippen LogP contribution in [0, 0.1) is 29.3 Å². The van der Waals surface area contributed by atoms with Crippen LogP contribution in [0.5, 0.6) is 5.75 Å². The van der Waals surface area contributed by atoms with Crippen molar-refractivity contribution in [2.45, 2.75) is 50.6 Å². The SMILES string of the molecule is COc1c(F)c(F)cc2c(=O)c(C(=O)O)cn(C3CC3)c12.O=C(O)c1cn(C2CC2)c2cc(N3CC4CC=CCC4C3)c(F)cc2c1=O. The number of aromatic nitrogens is 2. The highest BCUT2D eigenvalue weighted by Crippen LogP contribution is 2.42. The molecule has 2 atom stereocenters. The quantitative estimate of drug-likeness (QED) is 0.244. The molecule has 2 N–H and O–H groups in total. The Hall–Kier alpha value is -5.07. The lowest BCUT2D eigenvalue weighted by molar-refractivity contribution is 0.0684. The van der Waals surface area contributed by atoms with Crippen molar-refractivity contribution in [2.75, 3.05) is 25.1 Å². The van der Waals surface area contributed by atoms with E-state index in [9.17, 15) is 37.5 Å². The van der Waals surface area contributed by atoms with Gasteiger partial charge >= 0.3 is 11.9 Å². The van der Waals surface area contributed by atoms with E-state index < -0.39 is 45.8 Å². The van der Waals surface area contributed by atoms with Gasteiger partial charge in [-0.2, -0.15) is 4.39 Å². The van der Waals surface area contributed by atoms with Crippen LogP contribution in [0.1, 0.15) is 71.3 Å². The van der Waals surface area contributed by atoms with Crippen molar-refractivity contribution >= 4 is 39.4 Å². The molecule has 2 aromatic carbocycles. The Morgan fingerprint density at radius 2 is 1.29 bits per heavy atom. The van der Waals surface area contributed by atoms with Crippen molar-refractivity contribution in [1.82, 2.24) is 9.13 Å². The second-order valence-electron chi connectivity index (χ2n) is 12.9. The molecule has 2 aromatic heterocycles. The Labute approximate surface area is 271 Å². The van der Waals surface area contributed by atoms with Crippen LogP contribution in [-0.4, -0.2) is 51.5 Å². The number of hydrogen-bond acceptors (Lipinski definition) is 6. The van der Waals surface area contributed by atoms with Gasteiger partial charge in [0.25, 0.3) is 0 Å². The first kappa shape index (κ1) is 31.5. The normalized spacial score (nSPS) is 20.0. The molecule has 0 bridgehead atoms. The highest BCUT2D eigenvalue weighted by atomic mass is 19.2. The third-order valence-electron chi connectivity index (χ3n) is 9.77. The predicted octanol–water partition coefficient (Wildman–Crippen LogP) is 5.90. The summed E-state index contributed by atoms with van der Waals surface area (Å²) >= 11 is 0. The molecule has 1 aliphatic heterocycles. The second kappa shape index (κ2) is 11.9. The van der Waals surface area contributed by atoms with E-state index in [1.807, 2.05) is 4.57 Å². The van der Waals surface area contributed by atoms with Crippen LogP contribution in [0.25, 0.3) is 21.8 Å². The van der Waals surface area contributed by atoms with Crippen molar-refractivity contribution in [3.05, 3.63) is 91.8 Å². The third kappa shape index (κ3) is 5.40. The average molecular weight is 664 g/mol. The number of pyridine rings is 2. The van der Waals surface area contributed by atoms with Crippen LogP contribution < -0.4 is 20.5 Å². The van der Waals surface area contributed by atoms with Gasteiger partial charge in [-0.05, 0) is 68.6 Å². The van der Waals surface area contributed by atoms with E-state index in [1.165, 1.54) is 30.1 Å². The zero-order chi connectivity index (χ0) is 34.0. The highest BCUT2D eigenvalue weighted by Gasteiger charge is 2.35. The molecule has 1 saturated heterocycles. The zero-order valence-corrected chi connectivity index (χ0v) is 25.9. The van der Waals surface area contributed by atoms with Gasteiger partial charge < -0.3 is 29.0 Å². The van der Waals surface area contributed by atoms with Crippen LogP contribution in [0.15, 0.2) is 52.3 Å². The van der Waals surface area contributed by atoms with Crippen LogP contribution in [0.2, 0.25) is 0 Å². The zero-order valence-electron chi connectivity index (χ0n) is 25.9. The van der Waals surface area contributed by atoms with Gasteiger partial charge in [0.1, 0.15) is 16.9 Å². The van der Waals surface area contributed by atoms with Crippen LogP contribution in [-0.2, 0) is 0 Å². The van der Waals surface area contributed by atoms with E-state index in [4.69, 9.17) is 9.84 Å². The Kier molecular flexibility index (Phi) is 7.80. The first-order chi connectivity index (χ1) is 23.0. The van der Waals surface area contributed by atoms with E-state index in [0.29, 0.717) is 23.0 Å². The topological polar surface area (TPSA) is 131 Å². The molecule has 3 heterocycles. The maximum absolute atomic E-state index is 15.0.